The third kappa shape index (κ3) is 5.28. The van der Waals surface area contributed by atoms with Crippen molar-refractivity contribution in [3.8, 4) is 0 Å². The number of anilines is 2. The quantitative estimate of drug-likeness (QED) is 0.357. The Bertz CT molecular complexity index is 1170. The zero-order valence-electron chi connectivity index (χ0n) is 19.5. The molecular weight excluding hydrogens is 470 g/mol. The molecule has 0 saturated carbocycles. The number of benzene rings is 2. The molecule has 2 heterocycles. The molecule has 4 rings (SSSR count). The lowest BCUT2D eigenvalue weighted by Crippen LogP contribution is -2.72. The minimum atomic E-state index is -1.02. The molecule has 0 radical (unpaired) electrons. The summed E-state index contributed by atoms with van der Waals surface area (Å²) in [6, 6.07) is 13.1. The van der Waals surface area contributed by atoms with Crippen LogP contribution in [0.5, 0.6) is 0 Å². The van der Waals surface area contributed by atoms with Gasteiger partial charge in [-0.25, -0.2) is 9.59 Å². The van der Waals surface area contributed by atoms with Gasteiger partial charge in [0.1, 0.15) is 0 Å². The Hall–Kier alpha value is -4.45. The van der Waals surface area contributed by atoms with Gasteiger partial charge in [0.2, 0.25) is 17.7 Å². The van der Waals surface area contributed by atoms with E-state index in [1.807, 2.05) is 30.3 Å². The van der Waals surface area contributed by atoms with Crippen molar-refractivity contribution in [2.24, 2.45) is 11.8 Å². The van der Waals surface area contributed by atoms with E-state index in [0.29, 0.717) is 0 Å². The number of fused-ring (bicyclic) bond motifs is 1. The van der Waals surface area contributed by atoms with Gasteiger partial charge >= 0.3 is 11.9 Å². The standard InChI is InChI=1S/C24H25N5O7/c1-35-22(33)12-8-13(23(34)36-2)10-15(9-12)25-20(31)16-11-17(30)27-19-18(16)21(32)29-24(28-19)26-14-6-4-3-5-7-14/h3-10,16,18-19,24,26,28H,11H2,1-2H3,(H,25,31)(H,27,30)(H,29,32). The molecule has 2 aromatic carbocycles. The normalized spacial score (nSPS) is 22.8. The molecule has 188 valence electrons. The molecule has 2 aromatic rings. The molecule has 2 saturated heterocycles. The Kier molecular flexibility index (Phi) is 7.15. The topological polar surface area (TPSA) is 164 Å². The first-order valence-corrected chi connectivity index (χ1v) is 11.1. The first-order valence-electron chi connectivity index (χ1n) is 11.1. The molecule has 36 heavy (non-hydrogen) atoms. The predicted molar refractivity (Wildman–Crippen MR) is 126 cm³/mol. The van der Waals surface area contributed by atoms with E-state index in [4.69, 9.17) is 9.47 Å². The maximum absolute atomic E-state index is 13.2. The molecule has 2 aliphatic heterocycles. The Morgan fingerprint density at radius 1 is 0.889 bits per heavy atom. The van der Waals surface area contributed by atoms with Gasteiger partial charge in [0.15, 0.2) is 6.29 Å². The molecule has 12 heteroatoms. The van der Waals surface area contributed by atoms with Crippen molar-refractivity contribution in [3.63, 3.8) is 0 Å². The van der Waals surface area contributed by atoms with Crippen molar-refractivity contribution in [1.29, 1.82) is 0 Å². The zero-order chi connectivity index (χ0) is 25.8. The van der Waals surface area contributed by atoms with Crippen molar-refractivity contribution in [3.05, 3.63) is 59.7 Å². The fourth-order valence-corrected chi connectivity index (χ4v) is 4.26. The van der Waals surface area contributed by atoms with Gasteiger partial charge in [0.05, 0.1) is 43.3 Å². The SMILES string of the molecule is COC(=O)c1cc(NC(=O)C2CC(=O)NC3NC(Nc4ccccc4)NC(=O)C32)cc(C(=O)OC)c1. The minimum absolute atomic E-state index is 0.0156. The van der Waals surface area contributed by atoms with Crippen LogP contribution in [0.25, 0.3) is 0 Å². The molecule has 12 nitrogen and oxygen atoms in total. The average molecular weight is 495 g/mol. The molecule has 4 atom stereocenters. The number of rotatable bonds is 6. The van der Waals surface area contributed by atoms with Gasteiger partial charge in [0.25, 0.3) is 0 Å². The molecule has 5 N–H and O–H groups in total. The van der Waals surface area contributed by atoms with E-state index >= 15 is 0 Å². The maximum atomic E-state index is 13.2. The van der Waals surface area contributed by atoms with Crippen molar-refractivity contribution >= 4 is 41.0 Å². The van der Waals surface area contributed by atoms with Crippen LogP contribution in [-0.2, 0) is 23.9 Å². The molecule has 0 bridgehead atoms. The number of hydrogen-bond donors (Lipinski definition) is 5. The van der Waals surface area contributed by atoms with Gasteiger partial charge in [-0.2, -0.15) is 0 Å². The molecule has 0 aliphatic carbocycles. The highest BCUT2D eigenvalue weighted by atomic mass is 16.5. The maximum Gasteiger partial charge on any atom is 0.337 e. The number of para-hydroxylation sites is 1. The second-order valence-corrected chi connectivity index (χ2v) is 8.27. The molecule has 3 amide bonds. The van der Waals surface area contributed by atoms with Crippen LogP contribution in [0.4, 0.5) is 11.4 Å². The summed E-state index contributed by atoms with van der Waals surface area (Å²) in [5, 5.41) is 14.3. The van der Waals surface area contributed by atoms with Crippen LogP contribution < -0.4 is 26.6 Å². The number of methoxy groups -OCH3 is 2. The van der Waals surface area contributed by atoms with Crippen molar-refractivity contribution in [1.82, 2.24) is 16.0 Å². The summed E-state index contributed by atoms with van der Waals surface area (Å²) in [5.41, 5.74) is 0.888. The number of esters is 2. The van der Waals surface area contributed by atoms with E-state index in [2.05, 4.69) is 26.6 Å². The van der Waals surface area contributed by atoms with Crippen molar-refractivity contribution in [2.75, 3.05) is 24.9 Å². The monoisotopic (exact) mass is 495 g/mol. The van der Waals surface area contributed by atoms with Gasteiger partial charge in [-0.3, -0.25) is 19.7 Å². The number of piperidine rings is 1. The van der Waals surface area contributed by atoms with E-state index in [0.717, 1.165) is 5.69 Å². The van der Waals surface area contributed by atoms with E-state index in [9.17, 15) is 24.0 Å². The van der Waals surface area contributed by atoms with Crippen LogP contribution in [-0.4, -0.2) is 56.3 Å². The first kappa shape index (κ1) is 24.7. The second-order valence-electron chi connectivity index (χ2n) is 8.27. The number of amides is 3. The molecular formula is C24H25N5O7. The summed E-state index contributed by atoms with van der Waals surface area (Å²) < 4.78 is 9.42. The largest absolute Gasteiger partial charge is 0.465 e. The molecule has 2 fully saturated rings. The number of carbonyl (C=O) groups is 5. The smallest absolute Gasteiger partial charge is 0.337 e. The Balaban J connectivity index is 1.53. The highest BCUT2D eigenvalue weighted by molar-refractivity contribution is 6.02. The lowest BCUT2D eigenvalue weighted by atomic mass is 9.81. The van der Waals surface area contributed by atoms with Gasteiger partial charge in [-0.1, -0.05) is 18.2 Å². The van der Waals surface area contributed by atoms with Crippen LogP contribution in [0, 0.1) is 11.8 Å². The lowest BCUT2D eigenvalue weighted by Gasteiger charge is -2.43. The summed E-state index contributed by atoms with van der Waals surface area (Å²) >= 11 is 0. The van der Waals surface area contributed by atoms with Gasteiger partial charge < -0.3 is 30.7 Å². The summed E-state index contributed by atoms with van der Waals surface area (Å²) in [5.74, 6) is -4.81. The molecule has 4 unspecified atom stereocenters. The van der Waals surface area contributed by atoms with Crippen molar-refractivity contribution in [2.45, 2.75) is 18.9 Å². The predicted octanol–water partition coefficient (Wildman–Crippen LogP) is 0.392. The highest BCUT2D eigenvalue weighted by Crippen LogP contribution is 2.28. The fraction of sp³-hybridized carbons (Fsp3) is 0.292. The number of nitrogens with one attached hydrogen (secondary N) is 5. The van der Waals surface area contributed by atoms with E-state index in [-0.39, 0.29) is 23.2 Å². The molecule has 0 spiro atoms. The van der Waals surface area contributed by atoms with Crippen LogP contribution in [0.2, 0.25) is 0 Å². The van der Waals surface area contributed by atoms with Gasteiger partial charge in [0, 0.05) is 17.8 Å². The second kappa shape index (κ2) is 10.4. The van der Waals surface area contributed by atoms with Crippen LogP contribution in [0.1, 0.15) is 27.1 Å². The third-order valence-corrected chi connectivity index (χ3v) is 5.91. The van der Waals surface area contributed by atoms with Crippen molar-refractivity contribution < 1.29 is 33.4 Å². The number of ether oxygens (including phenoxy) is 2. The number of carbonyl (C=O) groups excluding carboxylic acids is 5. The summed E-state index contributed by atoms with van der Waals surface area (Å²) in [6.45, 7) is 0. The summed E-state index contributed by atoms with van der Waals surface area (Å²) in [6.07, 6.45) is -1.70. The first-order chi connectivity index (χ1) is 17.3. The Morgan fingerprint density at radius 2 is 1.53 bits per heavy atom. The summed E-state index contributed by atoms with van der Waals surface area (Å²) in [4.78, 5) is 62.8. The fourth-order valence-electron chi connectivity index (χ4n) is 4.26. The minimum Gasteiger partial charge on any atom is -0.465 e. The van der Waals surface area contributed by atoms with E-state index in [1.54, 1.807) is 0 Å². The zero-order valence-corrected chi connectivity index (χ0v) is 19.5. The van der Waals surface area contributed by atoms with E-state index in [1.165, 1.54) is 32.4 Å². The summed E-state index contributed by atoms with van der Waals surface area (Å²) in [7, 11) is 2.36. The average Bonchev–Trinajstić information content (AvgIpc) is 2.87. The lowest BCUT2D eigenvalue weighted by molar-refractivity contribution is -0.144. The Labute approximate surface area is 206 Å². The molecule has 0 aromatic heterocycles. The highest BCUT2D eigenvalue weighted by Gasteiger charge is 2.48. The molecule has 2 aliphatic rings. The Morgan fingerprint density at radius 3 is 2.14 bits per heavy atom. The van der Waals surface area contributed by atoms with Crippen LogP contribution in [0.15, 0.2) is 48.5 Å². The van der Waals surface area contributed by atoms with Gasteiger partial charge in [-0.05, 0) is 30.3 Å². The van der Waals surface area contributed by atoms with Gasteiger partial charge in [-0.15, -0.1) is 0 Å². The van der Waals surface area contributed by atoms with Crippen LogP contribution in [0.3, 0.4) is 0 Å². The van der Waals surface area contributed by atoms with Crippen LogP contribution >= 0.6 is 0 Å². The number of hydrogen-bond acceptors (Lipinski definition) is 9. The third-order valence-electron chi connectivity index (χ3n) is 5.91. The van der Waals surface area contributed by atoms with E-state index < -0.39 is 54.0 Å².